The van der Waals surface area contributed by atoms with Crippen molar-refractivity contribution in [2.75, 3.05) is 11.9 Å². The maximum absolute atomic E-state index is 10.8. The molecule has 0 spiro atoms. The third-order valence-electron chi connectivity index (χ3n) is 3.50. The summed E-state index contributed by atoms with van der Waals surface area (Å²) in [5.41, 5.74) is 2.37. The first-order valence-electron chi connectivity index (χ1n) is 6.18. The molecule has 1 aromatic carbocycles. The summed E-state index contributed by atoms with van der Waals surface area (Å²) in [6, 6.07) is 8.27. The lowest BCUT2D eigenvalue weighted by Crippen LogP contribution is -2.14. The van der Waals surface area contributed by atoms with Gasteiger partial charge in [-0.05, 0) is 49.8 Å². The van der Waals surface area contributed by atoms with Gasteiger partial charge in [-0.2, -0.15) is 0 Å². The minimum absolute atomic E-state index is 0.126. The van der Waals surface area contributed by atoms with E-state index in [0.29, 0.717) is 5.92 Å². The Morgan fingerprint density at radius 3 is 2.94 bits per heavy atom. The van der Waals surface area contributed by atoms with Crippen LogP contribution in [0.2, 0.25) is 0 Å². The van der Waals surface area contributed by atoms with Crippen molar-refractivity contribution >= 4 is 11.7 Å². The van der Waals surface area contributed by atoms with Crippen molar-refractivity contribution in [2.45, 2.75) is 26.2 Å². The van der Waals surface area contributed by atoms with E-state index in [1.54, 1.807) is 0 Å². The molecule has 0 heterocycles. The average Bonchev–Trinajstić information content (AvgIpc) is 2.75. The van der Waals surface area contributed by atoms with Gasteiger partial charge in [0.2, 0.25) is 0 Å². The molecule has 2 rings (SSSR count). The quantitative estimate of drug-likeness (QED) is 0.840. The van der Waals surface area contributed by atoms with Gasteiger partial charge in [0.05, 0.1) is 5.92 Å². The lowest BCUT2D eigenvalue weighted by Gasteiger charge is -2.12. The summed E-state index contributed by atoms with van der Waals surface area (Å²) >= 11 is 0. The molecule has 3 nitrogen and oxygen atoms in total. The summed E-state index contributed by atoms with van der Waals surface area (Å²) in [5.74, 6) is -0.265. The Kier molecular flexibility index (Phi) is 3.67. The van der Waals surface area contributed by atoms with E-state index in [9.17, 15) is 4.79 Å². The van der Waals surface area contributed by atoms with E-state index in [1.165, 1.54) is 5.56 Å². The molecule has 1 saturated carbocycles. The second-order valence-electron chi connectivity index (χ2n) is 4.96. The highest BCUT2D eigenvalue weighted by atomic mass is 16.4. The summed E-state index contributed by atoms with van der Waals surface area (Å²) in [6.45, 7) is 2.95. The predicted octanol–water partition coefficient (Wildman–Crippen LogP) is 2.91. The third kappa shape index (κ3) is 3.22. The van der Waals surface area contributed by atoms with Gasteiger partial charge in [0.25, 0.3) is 0 Å². The molecule has 92 valence electrons. The number of aliphatic carboxylic acids is 1. The first kappa shape index (κ1) is 12.0. The molecule has 1 aromatic rings. The van der Waals surface area contributed by atoms with E-state index in [-0.39, 0.29) is 5.92 Å². The van der Waals surface area contributed by atoms with Gasteiger partial charge >= 0.3 is 5.97 Å². The van der Waals surface area contributed by atoms with Crippen molar-refractivity contribution < 1.29 is 9.90 Å². The van der Waals surface area contributed by atoms with Crippen LogP contribution in [0.1, 0.15) is 24.8 Å². The molecule has 2 unspecified atom stereocenters. The van der Waals surface area contributed by atoms with Gasteiger partial charge in [-0.25, -0.2) is 0 Å². The smallest absolute Gasteiger partial charge is 0.306 e. The van der Waals surface area contributed by atoms with Crippen molar-refractivity contribution in [1.29, 1.82) is 0 Å². The molecule has 2 atom stereocenters. The van der Waals surface area contributed by atoms with Gasteiger partial charge in [0.1, 0.15) is 0 Å². The highest BCUT2D eigenvalue weighted by Crippen LogP contribution is 2.31. The van der Waals surface area contributed by atoms with E-state index in [4.69, 9.17) is 5.11 Å². The molecule has 0 aromatic heterocycles. The minimum Gasteiger partial charge on any atom is -0.481 e. The van der Waals surface area contributed by atoms with Crippen molar-refractivity contribution in [1.82, 2.24) is 0 Å². The van der Waals surface area contributed by atoms with Crippen LogP contribution in [0.25, 0.3) is 0 Å². The van der Waals surface area contributed by atoms with Crippen molar-refractivity contribution in [2.24, 2.45) is 11.8 Å². The summed E-state index contributed by atoms with van der Waals surface area (Å²) in [5, 5.41) is 12.3. The molecule has 0 amide bonds. The van der Waals surface area contributed by atoms with Crippen LogP contribution in [-0.4, -0.2) is 17.6 Å². The zero-order valence-electron chi connectivity index (χ0n) is 10.1. The van der Waals surface area contributed by atoms with E-state index in [2.05, 4.69) is 30.4 Å². The summed E-state index contributed by atoms with van der Waals surface area (Å²) in [7, 11) is 0. The largest absolute Gasteiger partial charge is 0.481 e. The number of carboxylic acids is 1. The number of hydrogen-bond donors (Lipinski definition) is 2. The van der Waals surface area contributed by atoms with E-state index >= 15 is 0 Å². The number of carbonyl (C=O) groups is 1. The Hall–Kier alpha value is -1.51. The minimum atomic E-state index is -0.636. The highest BCUT2D eigenvalue weighted by molar-refractivity contribution is 5.70. The van der Waals surface area contributed by atoms with Crippen LogP contribution in [0, 0.1) is 18.8 Å². The van der Waals surface area contributed by atoms with Crippen LogP contribution in [0.4, 0.5) is 5.69 Å². The fraction of sp³-hybridized carbons (Fsp3) is 0.500. The Balaban J connectivity index is 1.82. The topological polar surface area (TPSA) is 49.3 Å². The van der Waals surface area contributed by atoms with Crippen LogP contribution in [-0.2, 0) is 4.79 Å². The Morgan fingerprint density at radius 1 is 1.47 bits per heavy atom. The molecule has 0 aliphatic heterocycles. The zero-order valence-corrected chi connectivity index (χ0v) is 10.1. The van der Waals surface area contributed by atoms with Gasteiger partial charge in [-0.1, -0.05) is 12.1 Å². The summed E-state index contributed by atoms with van der Waals surface area (Å²) < 4.78 is 0. The van der Waals surface area contributed by atoms with Crippen molar-refractivity contribution in [3.63, 3.8) is 0 Å². The highest BCUT2D eigenvalue weighted by Gasteiger charge is 2.29. The molecule has 0 saturated heterocycles. The number of aryl methyl sites for hydroxylation is 1. The average molecular weight is 233 g/mol. The number of carboxylic acid groups (broad SMARTS) is 1. The van der Waals surface area contributed by atoms with Crippen LogP contribution in [0.5, 0.6) is 0 Å². The summed E-state index contributed by atoms with van der Waals surface area (Å²) in [4.78, 5) is 10.8. The number of rotatable bonds is 4. The Labute approximate surface area is 102 Å². The Morgan fingerprint density at radius 2 is 2.29 bits per heavy atom. The molecule has 3 heteroatoms. The number of anilines is 1. The lowest BCUT2D eigenvalue weighted by atomic mass is 10.1. The number of nitrogens with one attached hydrogen (secondary N) is 1. The molecule has 1 fully saturated rings. The third-order valence-corrected chi connectivity index (χ3v) is 3.50. The number of benzene rings is 1. The van der Waals surface area contributed by atoms with E-state index < -0.39 is 5.97 Å². The van der Waals surface area contributed by atoms with Crippen LogP contribution in [0.3, 0.4) is 0 Å². The van der Waals surface area contributed by atoms with Gasteiger partial charge in [-0.15, -0.1) is 0 Å². The van der Waals surface area contributed by atoms with Gasteiger partial charge in [0, 0.05) is 12.2 Å². The van der Waals surface area contributed by atoms with Crippen molar-refractivity contribution in [3.8, 4) is 0 Å². The summed E-state index contributed by atoms with van der Waals surface area (Å²) in [6.07, 6.45) is 2.67. The van der Waals surface area contributed by atoms with Gasteiger partial charge < -0.3 is 10.4 Å². The molecule has 1 aliphatic carbocycles. The van der Waals surface area contributed by atoms with Gasteiger partial charge in [-0.3, -0.25) is 4.79 Å². The van der Waals surface area contributed by atoms with Crippen LogP contribution in [0.15, 0.2) is 24.3 Å². The molecule has 1 aliphatic rings. The molecule has 0 bridgehead atoms. The van der Waals surface area contributed by atoms with E-state index in [0.717, 1.165) is 31.5 Å². The monoisotopic (exact) mass is 233 g/mol. The zero-order chi connectivity index (χ0) is 12.3. The second-order valence-corrected chi connectivity index (χ2v) is 4.96. The fourth-order valence-corrected chi connectivity index (χ4v) is 2.50. The van der Waals surface area contributed by atoms with Gasteiger partial charge in [0.15, 0.2) is 0 Å². The van der Waals surface area contributed by atoms with Crippen molar-refractivity contribution in [3.05, 3.63) is 29.8 Å². The van der Waals surface area contributed by atoms with E-state index in [1.807, 2.05) is 6.07 Å². The molecular formula is C14H19NO2. The first-order chi connectivity index (χ1) is 8.15. The van der Waals surface area contributed by atoms with Crippen LogP contribution >= 0.6 is 0 Å². The maximum Gasteiger partial charge on any atom is 0.306 e. The number of hydrogen-bond acceptors (Lipinski definition) is 2. The predicted molar refractivity (Wildman–Crippen MR) is 68.1 cm³/mol. The standard InChI is InChI=1S/C14H19NO2/c1-10-3-2-4-13(7-10)15-9-11-5-6-12(8-11)14(16)17/h2-4,7,11-12,15H,5-6,8-9H2,1H3,(H,16,17). The molecular weight excluding hydrogens is 214 g/mol. The van der Waals surface area contributed by atoms with Crippen LogP contribution < -0.4 is 5.32 Å². The molecule has 2 N–H and O–H groups in total. The molecule has 0 radical (unpaired) electrons. The second kappa shape index (κ2) is 5.21. The lowest BCUT2D eigenvalue weighted by molar-refractivity contribution is -0.141. The normalized spacial score (nSPS) is 23.6. The maximum atomic E-state index is 10.8. The fourth-order valence-electron chi connectivity index (χ4n) is 2.50. The Bertz CT molecular complexity index is 403. The SMILES string of the molecule is Cc1cccc(NCC2CCC(C(=O)O)C2)c1. The molecule has 17 heavy (non-hydrogen) atoms. The first-order valence-corrected chi connectivity index (χ1v) is 6.18.